The number of hydrogen-bond acceptors (Lipinski definition) is 4. The van der Waals surface area contributed by atoms with Crippen molar-refractivity contribution in [2.24, 2.45) is 0 Å². The van der Waals surface area contributed by atoms with Crippen LogP contribution in [-0.2, 0) is 0 Å². The van der Waals surface area contributed by atoms with Gasteiger partial charge in [0.15, 0.2) is 5.82 Å². The summed E-state index contributed by atoms with van der Waals surface area (Å²) in [5, 5.41) is 5.65. The lowest BCUT2D eigenvalue weighted by atomic mass is 10.2. The fraction of sp³-hybridized carbons (Fsp3) is 0.286. The van der Waals surface area contributed by atoms with E-state index in [4.69, 9.17) is 0 Å². The molecule has 0 radical (unpaired) electrons. The van der Waals surface area contributed by atoms with E-state index in [1.165, 1.54) is 12.1 Å². The van der Waals surface area contributed by atoms with Gasteiger partial charge in [0.05, 0.1) is 0 Å². The Morgan fingerprint density at radius 3 is 2.30 bits per heavy atom. The molecule has 0 spiro atoms. The fourth-order valence-electron chi connectivity index (χ4n) is 1.88. The Labute approximate surface area is 116 Å². The second-order valence-electron chi connectivity index (χ2n) is 4.52. The number of rotatable bonds is 3. The lowest BCUT2D eigenvalue weighted by Crippen LogP contribution is -2.07. The molecule has 1 aromatic carbocycles. The van der Waals surface area contributed by atoms with Crippen molar-refractivity contribution >= 4 is 17.3 Å². The van der Waals surface area contributed by atoms with E-state index in [-0.39, 0.29) is 5.69 Å². The molecule has 0 aliphatic heterocycles. The number of anilines is 3. The molecule has 0 fully saturated rings. The van der Waals surface area contributed by atoms with Crippen molar-refractivity contribution in [2.75, 3.05) is 17.7 Å². The zero-order chi connectivity index (χ0) is 14.9. The van der Waals surface area contributed by atoms with Crippen molar-refractivity contribution in [3.63, 3.8) is 0 Å². The Morgan fingerprint density at radius 2 is 1.65 bits per heavy atom. The molecule has 2 aromatic rings. The molecule has 0 atom stereocenters. The normalized spacial score (nSPS) is 10.5. The Morgan fingerprint density at radius 1 is 1.00 bits per heavy atom. The Hall–Kier alpha value is -2.24. The third-order valence-electron chi connectivity index (χ3n) is 3.02. The molecule has 0 aliphatic rings. The van der Waals surface area contributed by atoms with E-state index in [0.29, 0.717) is 28.6 Å². The van der Waals surface area contributed by atoms with Crippen molar-refractivity contribution in [2.45, 2.75) is 20.8 Å². The van der Waals surface area contributed by atoms with Crippen molar-refractivity contribution in [3.05, 3.63) is 40.7 Å². The van der Waals surface area contributed by atoms with Crippen LogP contribution in [0.15, 0.2) is 12.1 Å². The molecular formula is C14H16F2N4. The number of aryl methyl sites for hydroxylation is 2. The second kappa shape index (κ2) is 5.40. The minimum absolute atomic E-state index is 0.201. The molecule has 2 N–H and O–H groups in total. The van der Waals surface area contributed by atoms with E-state index in [9.17, 15) is 8.78 Å². The third kappa shape index (κ3) is 2.54. The van der Waals surface area contributed by atoms with Gasteiger partial charge in [-0.2, -0.15) is 0 Å². The summed E-state index contributed by atoms with van der Waals surface area (Å²) in [6, 6.07) is 2.62. The molecule has 20 heavy (non-hydrogen) atoms. The summed E-state index contributed by atoms with van der Waals surface area (Å²) in [5.74, 6) is 0.232. The molecule has 0 saturated heterocycles. The van der Waals surface area contributed by atoms with Crippen LogP contribution in [0.3, 0.4) is 0 Å². The van der Waals surface area contributed by atoms with Gasteiger partial charge in [0, 0.05) is 12.6 Å². The quantitative estimate of drug-likeness (QED) is 0.902. The first kappa shape index (κ1) is 14.2. The van der Waals surface area contributed by atoms with Gasteiger partial charge >= 0.3 is 0 Å². The number of benzene rings is 1. The maximum absolute atomic E-state index is 14.0. The van der Waals surface area contributed by atoms with Crippen LogP contribution in [0.1, 0.15) is 17.0 Å². The number of nitrogens with zero attached hydrogens (tertiary/aromatic N) is 2. The van der Waals surface area contributed by atoms with E-state index in [1.54, 1.807) is 27.8 Å². The molecule has 2 rings (SSSR count). The standard InChI is InChI=1S/C14H16F2N4/c1-7-5-6-10(15)12(11(7)16)20-14-8(2)13(17-4)18-9(3)19-14/h5-6H,1-4H3,(H2,17,18,19,20). The molecule has 106 valence electrons. The topological polar surface area (TPSA) is 49.8 Å². The van der Waals surface area contributed by atoms with E-state index in [0.717, 1.165) is 0 Å². The molecule has 0 aliphatic carbocycles. The van der Waals surface area contributed by atoms with Crippen LogP contribution < -0.4 is 10.6 Å². The highest BCUT2D eigenvalue weighted by atomic mass is 19.1. The van der Waals surface area contributed by atoms with Crippen LogP contribution in [0.25, 0.3) is 0 Å². The minimum Gasteiger partial charge on any atom is -0.373 e. The van der Waals surface area contributed by atoms with Crippen LogP contribution in [0.2, 0.25) is 0 Å². The Kier molecular flexibility index (Phi) is 3.83. The average Bonchev–Trinajstić information content (AvgIpc) is 2.42. The predicted octanol–water partition coefficient (Wildman–Crippen LogP) is 3.47. The SMILES string of the molecule is CNc1nc(C)nc(Nc2c(F)ccc(C)c2F)c1C. The van der Waals surface area contributed by atoms with E-state index in [2.05, 4.69) is 20.6 Å². The fourth-order valence-corrected chi connectivity index (χ4v) is 1.88. The molecule has 1 heterocycles. The third-order valence-corrected chi connectivity index (χ3v) is 3.02. The second-order valence-corrected chi connectivity index (χ2v) is 4.52. The smallest absolute Gasteiger partial charge is 0.152 e. The van der Waals surface area contributed by atoms with Crippen molar-refractivity contribution in [3.8, 4) is 0 Å². The summed E-state index contributed by atoms with van der Waals surface area (Å²) < 4.78 is 27.8. The molecular weight excluding hydrogens is 262 g/mol. The molecule has 0 amide bonds. The van der Waals surface area contributed by atoms with Crippen LogP contribution in [0.4, 0.5) is 26.1 Å². The summed E-state index contributed by atoms with van der Waals surface area (Å²) >= 11 is 0. The minimum atomic E-state index is -0.658. The summed E-state index contributed by atoms with van der Waals surface area (Å²) in [6.07, 6.45) is 0. The van der Waals surface area contributed by atoms with Gasteiger partial charge in [0.25, 0.3) is 0 Å². The summed E-state index contributed by atoms with van der Waals surface area (Å²) in [7, 11) is 1.73. The monoisotopic (exact) mass is 278 g/mol. The molecule has 6 heteroatoms. The molecule has 0 unspecified atom stereocenters. The zero-order valence-electron chi connectivity index (χ0n) is 11.8. The van der Waals surface area contributed by atoms with Crippen molar-refractivity contribution in [1.82, 2.24) is 9.97 Å². The van der Waals surface area contributed by atoms with Gasteiger partial charge in [-0.3, -0.25) is 0 Å². The highest BCUT2D eigenvalue weighted by molar-refractivity contribution is 5.66. The van der Waals surface area contributed by atoms with Gasteiger partial charge < -0.3 is 10.6 Å². The summed E-state index contributed by atoms with van der Waals surface area (Å²) in [4.78, 5) is 8.40. The first-order chi connectivity index (χ1) is 9.43. The lowest BCUT2D eigenvalue weighted by molar-refractivity contribution is 0.584. The number of halogens is 2. The molecule has 1 aromatic heterocycles. The average molecular weight is 278 g/mol. The van der Waals surface area contributed by atoms with Crippen LogP contribution >= 0.6 is 0 Å². The maximum Gasteiger partial charge on any atom is 0.152 e. The van der Waals surface area contributed by atoms with Crippen molar-refractivity contribution in [1.29, 1.82) is 0 Å². The molecule has 0 bridgehead atoms. The first-order valence-corrected chi connectivity index (χ1v) is 6.18. The van der Waals surface area contributed by atoms with Gasteiger partial charge in [0.1, 0.15) is 29.0 Å². The summed E-state index contributed by atoms with van der Waals surface area (Å²) in [5.41, 5.74) is 0.859. The van der Waals surface area contributed by atoms with Gasteiger partial charge in [-0.1, -0.05) is 6.07 Å². The number of nitrogens with one attached hydrogen (secondary N) is 2. The van der Waals surface area contributed by atoms with Crippen LogP contribution in [-0.4, -0.2) is 17.0 Å². The first-order valence-electron chi connectivity index (χ1n) is 6.18. The van der Waals surface area contributed by atoms with Gasteiger partial charge in [-0.05, 0) is 32.4 Å². The number of hydrogen-bond donors (Lipinski definition) is 2. The molecule has 4 nitrogen and oxygen atoms in total. The highest BCUT2D eigenvalue weighted by Gasteiger charge is 2.15. The molecule has 0 saturated carbocycles. The van der Waals surface area contributed by atoms with Gasteiger partial charge in [-0.25, -0.2) is 18.7 Å². The van der Waals surface area contributed by atoms with Gasteiger partial charge in [-0.15, -0.1) is 0 Å². The van der Waals surface area contributed by atoms with E-state index >= 15 is 0 Å². The highest BCUT2D eigenvalue weighted by Crippen LogP contribution is 2.28. The largest absolute Gasteiger partial charge is 0.373 e. The summed E-state index contributed by atoms with van der Waals surface area (Å²) in [6.45, 7) is 5.07. The lowest BCUT2D eigenvalue weighted by Gasteiger charge is -2.14. The maximum atomic E-state index is 14.0. The Bertz CT molecular complexity index is 656. The zero-order valence-corrected chi connectivity index (χ0v) is 11.8. The van der Waals surface area contributed by atoms with Gasteiger partial charge in [0.2, 0.25) is 0 Å². The van der Waals surface area contributed by atoms with Crippen LogP contribution in [0.5, 0.6) is 0 Å². The van der Waals surface area contributed by atoms with E-state index < -0.39 is 11.6 Å². The van der Waals surface area contributed by atoms with Crippen molar-refractivity contribution < 1.29 is 8.78 Å². The van der Waals surface area contributed by atoms with Crippen LogP contribution in [0, 0.1) is 32.4 Å². The van der Waals surface area contributed by atoms with E-state index in [1.807, 2.05) is 0 Å². The number of aromatic nitrogens is 2. The Balaban J connectivity index is 2.50. The predicted molar refractivity (Wildman–Crippen MR) is 75.4 cm³/mol.